The normalized spacial score (nSPS) is 11.2. The number of amides is 1. The van der Waals surface area contributed by atoms with Gasteiger partial charge < -0.3 is 10.3 Å². The number of carbonyl (C=O) groups is 1. The molecule has 0 spiro atoms. The molecule has 0 fully saturated rings. The van der Waals surface area contributed by atoms with Gasteiger partial charge in [0.1, 0.15) is 5.69 Å². The lowest BCUT2D eigenvalue weighted by molar-refractivity contribution is 0.0941. The van der Waals surface area contributed by atoms with Crippen LogP contribution in [0.15, 0.2) is 18.2 Å². The van der Waals surface area contributed by atoms with Crippen molar-refractivity contribution in [3.8, 4) is 0 Å². The Kier molecular flexibility index (Phi) is 4.66. The molecule has 5 nitrogen and oxygen atoms in total. The molecule has 2 aromatic heterocycles. The van der Waals surface area contributed by atoms with Crippen LogP contribution in [0.1, 0.15) is 52.4 Å². The molecule has 0 unspecified atom stereocenters. The fourth-order valence-corrected chi connectivity index (χ4v) is 3.38. The third kappa shape index (κ3) is 3.18. The van der Waals surface area contributed by atoms with Crippen LogP contribution in [0.5, 0.6) is 0 Å². The highest BCUT2D eigenvalue weighted by Gasteiger charge is 2.15. The van der Waals surface area contributed by atoms with E-state index in [-0.39, 0.29) is 5.91 Å². The van der Waals surface area contributed by atoms with E-state index in [9.17, 15) is 4.79 Å². The summed E-state index contributed by atoms with van der Waals surface area (Å²) in [5.74, 6) is -0.0941. The van der Waals surface area contributed by atoms with E-state index in [1.54, 1.807) is 11.7 Å². The summed E-state index contributed by atoms with van der Waals surface area (Å²) < 4.78 is 1.65. The molecule has 3 rings (SSSR count). The van der Waals surface area contributed by atoms with Crippen LogP contribution in [0.2, 0.25) is 0 Å². The molecule has 2 heterocycles. The number of hydrogen-bond acceptors (Lipinski definition) is 2. The maximum Gasteiger partial charge on any atom is 0.269 e. The molecule has 0 aliphatic heterocycles. The lowest BCUT2D eigenvalue weighted by Gasteiger charge is -2.08. The molecule has 0 radical (unpaired) electrons. The number of carbonyl (C=O) groups excluding carboxylic acids is 1. The van der Waals surface area contributed by atoms with Gasteiger partial charge in [0.2, 0.25) is 0 Å². The number of aromatic nitrogens is 3. The number of H-pyrrole nitrogens is 1. The van der Waals surface area contributed by atoms with Gasteiger partial charge in [-0.2, -0.15) is 5.10 Å². The number of rotatable bonds is 5. The minimum Gasteiger partial charge on any atom is -0.358 e. The van der Waals surface area contributed by atoms with Gasteiger partial charge in [-0.1, -0.05) is 25.5 Å². The van der Waals surface area contributed by atoms with Crippen LogP contribution in [-0.2, 0) is 26.4 Å². The number of aryl methyl sites for hydroxylation is 5. The molecule has 1 aromatic carbocycles. The van der Waals surface area contributed by atoms with Gasteiger partial charge in [-0.25, -0.2) is 0 Å². The molecule has 2 N–H and O–H groups in total. The quantitative estimate of drug-likeness (QED) is 0.747. The molecule has 0 bridgehead atoms. The first-order valence-corrected chi connectivity index (χ1v) is 8.86. The second kappa shape index (κ2) is 6.75. The molecule has 0 aliphatic carbocycles. The fraction of sp³-hybridized carbons (Fsp3) is 0.400. The highest BCUT2D eigenvalue weighted by Crippen LogP contribution is 2.26. The smallest absolute Gasteiger partial charge is 0.269 e. The number of fused-ring (bicyclic) bond motifs is 1. The van der Waals surface area contributed by atoms with Crippen molar-refractivity contribution in [1.29, 1.82) is 0 Å². The lowest BCUT2D eigenvalue weighted by atomic mass is 10.0. The summed E-state index contributed by atoms with van der Waals surface area (Å²) >= 11 is 0. The molecule has 0 saturated heterocycles. The average Bonchev–Trinajstić information content (AvgIpc) is 3.13. The number of aromatic amines is 1. The predicted octanol–water partition coefficient (Wildman–Crippen LogP) is 3.57. The highest BCUT2D eigenvalue weighted by atomic mass is 16.2. The summed E-state index contributed by atoms with van der Waals surface area (Å²) in [6, 6.07) is 6.20. The van der Waals surface area contributed by atoms with Gasteiger partial charge in [0.05, 0.1) is 11.2 Å². The minimum absolute atomic E-state index is 0.0941. The average molecular weight is 338 g/mol. The van der Waals surface area contributed by atoms with Crippen LogP contribution in [0, 0.1) is 13.8 Å². The zero-order chi connectivity index (χ0) is 18.1. The summed E-state index contributed by atoms with van der Waals surface area (Å²) in [6.45, 7) is 8.93. The fourth-order valence-electron chi connectivity index (χ4n) is 3.38. The molecule has 0 aliphatic rings. The van der Waals surface area contributed by atoms with Crippen molar-refractivity contribution < 1.29 is 4.79 Å². The van der Waals surface area contributed by atoms with E-state index in [1.165, 1.54) is 22.2 Å². The Bertz CT molecular complexity index is 933. The third-order valence-corrected chi connectivity index (χ3v) is 4.82. The molecular formula is C20H26N4O. The van der Waals surface area contributed by atoms with Crippen molar-refractivity contribution >= 4 is 16.8 Å². The third-order valence-electron chi connectivity index (χ3n) is 4.82. The van der Waals surface area contributed by atoms with E-state index in [2.05, 4.69) is 48.3 Å². The first kappa shape index (κ1) is 17.3. The maximum absolute atomic E-state index is 12.5. The second-order valence-corrected chi connectivity index (χ2v) is 6.61. The van der Waals surface area contributed by atoms with Crippen LogP contribution < -0.4 is 5.32 Å². The number of nitrogens with zero attached hydrogens (tertiary/aromatic N) is 2. The van der Waals surface area contributed by atoms with Crippen molar-refractivity contribution in [2.45, 2.75) is 47.1 Å². The molecule has 0 atom stereocenters. The van der Waals surface area contributed by atoms with E-state index >= 15 is 0 Å². The van der Waals surface area contributed by atoms with Crippen LogP contribution in [0.3, 0.4) is 0 Å². The van der Waals surface area contributed by atoms with Gasteiger partial charge in [0.15, 0.2) is 0 Å². The Morgan fingerprint density at radius 2 is 1.96 bits per heavy atom. The van der Waals surface area contributed by atoms with Crippen LogP contribution in [-0.4, -0.2) is 20.7 Å². The number of nitrogens with one attached hydrogen (secondary N) is 2. The van der Waals surface area contributed by atoms with Gasteiger partial charge in [-0.15, -0.1) is 0 Å². The van der Waals surface area contributed by atoms with Crippen LogP contribution in [0.25, 0.3) is 10.9 Å². The Balaban J connectivity index is 1.87. The Hall–Kier alpha value is -2.56. The first-order chi connectivity index (χ1) is 11.9. The van der Waals surface area contributed by atoms with Gasteiger partial charge in [0.25, 0.3) is 5.91 Å². The molecule has 0 saturated carbocycles. The molecule has 25 heavy (non-hydrogen) atoms. The first-order valence-electron chi connectivity index (χ1n) is 8.86. The van der Waals surface area contributed by atoms with Gasteiger partial charge in [-0.05, 0) is 49.9 Å². The van der Waals surface area contributed by atoms with E-state index in [1.807, 2.05) is 13.0 Å². The monoisotopic (exact) mass is 338 g/mol. The van der Waals surface area contributed by atoms with Gasteiger partial charge >= 0.3 is 0 Å². The molecule has 5 heteroatoms. The summed E-state index contributed by atoms with van der Waals surface area (Å²) in [5, 5.41) is 8.63. The van der Waals surface area contributed by atoms with Crippen molar-refractivity contribution in [3.05, 3.63) is 52.0 Å². The zero-order valence-corrected chi connectivity index (χ0v) is 15.7. The topological polar surface area (TPSA) is 62.7 Å². The van der Waals surface area contributed by atoms with Crippen molar-refractivity contribution in [2.24, 2.45) is 7.05 Å². The van der Waals surface area contributed by atoms with Crippen molar-refractivity contribution in [3.63, 3.8) is 0 Å². The Labute approximate surface area is 148 Å². The summed E-state index contributed by atoms with van der Waals surface area (Å²) in [7, 11) is 1.81. The highest BCUT2D eigenvalue weighted by molar-refractivity contribution is 5.93. The van der Waals surface area contributed by atoms with Crippen molar-refractivity contribution in [2.75, 3.05) is 0 Å². The zero-order valence-electron chi connectivity index (χ0n) is 15.7. The number of benzene rings is 1. The van der Waals surface area contributed by atoms with E-state index < -0.39 is 0 Å². The van der Waals surface area contributed by atoms with Crippen LogP contribution >= 0.6 is 0 Å². The summed E-state index contributed by atoms with van der Waals surface area (Å²) in [5.41, 5.74) is 7.52. The van der Waals surface area contributed by atoms with E-state index in [4.69, 9.17) is 0 Å². The molecule has 132 valence electrons. The minimum atomic E-state index is -0.0941. The second-order valence-electron chi connectivity index (χ2n) is 6.61. The van der Waals surface area contributed by atoms with Gasteiger partial charge in [0, 0.05) is 24.7 Å². The predicted molar refractivity (Wildman–Crippen MR) is 101 cm³/mol. The summed E-state index contributed by atoms with van der Waals surface area (Å²) in [4.78, 5) is 16.1. The maximum atomic E-state index is 12.5. The Morgan fingerprint density at radius 1 is 1.20 bits per heavy atom. The van der Waals surface area contributed by atoms with Gasteiger partial charge in [-0.3, -0.25) is 9.48 Å². The summed E-state index contributed by atoms with van der Waals surface area (Å²) in [6.07, 6.45) is 1.79. The molecule has 3 aromatic rings. The van der Waals surface area contributed by atoms with Crippen molar-refractivity contribution in [1.82, 2.24) is 20.1 Å². The molecule has 1 amide bonds. The number of hydrogen-bond donors (Lipinski definition) is 2. The van der Waals surface area contributed by atoms with Crippen LogP contribution in [0.4, 0.5) is 0 Å². The Morgan fingerprint density at radius 3 is 2.60 bits per heavy atom. The lowest BCUT2D eigenvalue weighted by Crippen LogP contribution is -2.25. The SMILES string of the molecule is CCc1cc(C(=O)NCc2cc(C)cc3c(C)c(CC)[nH]c23)n(C)n1. The largest absolute Gasteiger partial charge is 0.358 e. The standard InChI is InChI=1S/C20H26N4O/c1-6-15-10-18(24(5)23-15)20(25)21-11-14-8-12(3)9-16-13(4)17(7-2)22-19(14)16/h8-10,22H,6-7,11H2,1-5H3,(H,21,25). The molecular weight excluding hydrogens is 312 g/mol. The van der Waals surface area contributed by atoms with E-state index in [0.29, 0.717) is 12.2 Å². The van der Waals surface area contributed by atoms with E-state index in [0.717, 1.165) is 29.6 Å².